The normalized spacial score (nSPS) is 13.0. The molecule has 1 spiro atoms. The van der Waals surface area contributed by atoms with Crippen LogP contribution >= 0.6 is 0 Å². The summed E-state index contributed by atoms with van der Waals surface area (Å²) in [6, 6.07) is 76.8. The Morgan fingerprint density at radius 2 is 0.891 bits per heavy atom. The van der Waals surface area contributed by atoms with Gasteiger partial charge in [-0.2, -0.15) is 0 Å². The molecule has 0 atom stereocenters. The third-order valence-electron chi connectivity index (χ3n) is 11.5. The van der Waals surface area contributed by atoms with Crippen LogP contribution in [0.4, 0.5) is 17.1 Å². The van der Waals surface area contributed by atoms with Gasteiger partial charge in [-0.05, 0) is 104 Å². The van der Waals surface area contributed by atoms with Crippen molar-refractivity contribution in [3.05, 3.63) is 235 Å². The summed E-state index contributed by atoms with van der Waals surface area (Å²) >= 11 is 0. The van der Waals surface area contributed by atoms with Crippen molar-refractivity contribution in [3.8, 4) is 44.9 Å². The van der Waals surface area contributed by atoms with Gasteiger partial charge in [0.2, 0.25) is 0 Å². The minimum absolute atomic E-state index is 0.496. The number of hydrogen-bond donors (Lipinski definition) is 0. The van der Waals surface area contributed by atoms with Crippen molar-refractivity contribution < 1.29 is 4.74 Å². The molecule has 1 heterocycles. The third-order valence-corrected chi connectivity index (χ3v) is 11.5. The van der Waals surface area contributed by atoms with Crippen molar-refractivity contribution in [2.75, 3.05) is 4.90 Å². The van der Waals surface area contributed by atoms with Gasteiger partial charge in [-0.1, -0.05) is 164 Å². The van der Waals surface area contributed by atoms with Gasteiger partial charge in [0.15, 0.2) is 0 Å². The van der Waals surface area contributed by atoms with Crippen molar-refractivity contribution in [2.45, 2.75) is 5.41 Å². The van der Waals surface area contributed by atoms with Crippen LogP contribution in [0.15, 0.2) is 212 Å². The molecular formula is C53H35NO. The van der Waals surface area contributed by atoms with E-state index in [1.165, 1.54) is 66.4 Å². The highest BCUT2D eigenvalue weighted by molar-refractivity contribution is 5.97. The molecule has 2 aliphatic rings. The van der Waals surface area contributed by atoms with Gasteiger partial charge >= 0.3 is 0 Å². The molecule has 55 heavy (non-hydrogen) atoms. The van der Waals surface area contributed by atoms with Crippen molar-refractivity contribution in [2.24, 2.45) is 0 Å². The summed E-state index contributed by atoms with van der Waals surface area (Å²) in [5, 5.41) is 2.44. The van der Waals surface area contributed by atoms with E-state index in [1.54, 1.807) is 0 Å². The molecule has 0 saturated heterocycles. The highest BCUT2D eigenvalue weighted by Gasteiger charge is 2.51. The van der Waals surface area contributed by atoms with E-state index in [9.17, 15) is 0 Å². The third kappa shape index (κ3) is 4.82. The van der Waals surface area contributed by atoms with Crippen LogP contribution < -0.4 is 9.64 Å². The van der Waals surface area contributed by atoms with E-state index in [2.05, 4.69) is 217 Å². The molecule has 0 bridgehead atoms. The quantitative estimate of drug-likeness (QED) is 0.177. The van der Waals surface area contributed by atoms with Gasteiger partial charge in [0.25, 0.3) is 0 Å². The largest absolute Gasteiger partial charge is 0.457 e. The van der Waals surface area contributed by atoms with Crippen molar-refractivity contribution in [3.63, 3.8) is 0 Å². The van der Waals surface area contributed by atoms with Crippen molar-refractivity contribution in [1.82, 2.24) is 0 Å². The summed E-state index contributed by atoms with van der Waals surface area (Å²) in [6.45, 7) is 0. The second kappa shape index (κ2) is 12.5. The molecule has 0 N–H and O–H groups in total. The van der Waals surface area contributed by atoms with E-state index in [0.717, 1.165) is 28.6 Å². The Bertz CT molecular complexity index is 2860. The fourth-order valence-corrected chi connectivity index (χ4v) is 9.15. The van der Waals surface area contributed by atoms with Crippen LogP contribution in [-0.2, 0) is 5.41 Å². The van der Waals surface area contributed by atoms with Gasteiger partial charge in [-0.15, -0.1) is 0 Å². The Morgan fingerprint density at radius 3 is 1.67 bits per heavy atom. The standard InChI is InChI=1S/C53H35NO/c1-2-14-36(15-3-1)40-18-12-19-42(34-40)54(43-33-28-37-16-4-5-17-39(37)35-43)41-31-29-38(30-32-41)44-21-13-25-49-52(44)45-20-6-7-22-46(45)53(49)47-23-8-10-26-50(47)55-51-27-11-9-24-48(51)53/h1-35H. The topological polar surface area (TPSA) is 12.5 Å². The fraction of sp³-hybridized carbons (Fsp3) is 0.0189. The first-order valence-electron chi connectivity index (χ1n) is 18.9. The lowest BCUT2D eigenvalue weighted by Gasteiger charge is -2.39. The summed E-state index contributed by atoms with van der Waals surface area (Å²) in [6.07, 6.45) is 0. The molecule has 11 rings (SSSR count). The van der Waals surface area contributed by atoms with E-state index in [1.807, 2.05) is 0 Å². The first-order valence-corrected chi connectivity index (χ1v) is 18.9. The van der Waals surface area contributed by atoms with Gasteiger partial charge in [0.05, 0.1) is 5.41 Å². The van der Waals surface area contributed by atoms with Gasteiger partial charge in [0, 0.05) is 28.2 Å². The van der Waals surface area contributed by atoms with Crippen LogP contribution in [0.5, 0.6) is 11.5 Å². The van der Waals surface area contributed by atoms with Crippen LogP contribution in [0, 0.1) is 0 Å². The molecule has 0 saturated carbocycles. The first-order chi connectivity index (χ1) is 27.3. The molecule has 2 nitrogen and oxygen atoms in total. The zero-order chi connectivity index (χ0) is 36.3. The predicted octanol–water partition coefficient (Wildman–Crippen LogP) is 14.1. The SMILES string of the molecule is c1ccc(-c2cccc(N(c3ccc(-c4cccc5c4-c4ccccc4C54c5ccccc5Oc5ccccc54)cc3)c3ccc4ccccc4c3)c2)cc1. The molecule has 9 aromatic rings. The molecule has 0 aromatic heterocycles. The Hall–Kier alpha value is -7.16. The number of anilines is 3. The van der Waals surface area contributed by atoms with Crippen LogP contribution in [-0.4, -0.2) is 0 Å². The Kier molecular flexibility index (Phi) is 7.11. The van der Waals surface area contributed by atoms with Gasteiger partial charge < -0.3 is 9.64 Å². The molecule has 0 fully saturated rings. The molecule has 0 radical (unpaired) electrons. The van der Waals surface area contributed by atoms with Crippen molar-refractivity contribution in [1.29, 1.82) is 0 Å². The zero-order valence-corrected chi connectivity index (χ0v) is 30.1. The summed E-state index contributed by atoms with van der Waals surface area (Å²) in [7, 11) is 0. The Labute approximate surface area is 321 Å². The molecule has 0 unspecified atom stereocenters. The summed E-state index contributed by atoms with van der Waals surface area (Å²) in [5.74, 6) is 1.81. The number of ether oxygens (including phenoxy) is 1. The number of para-hydroxylation sites is 2. The number of fused-ring (bicyclic) bond motifs is 10. The second-order valence-corrected chi connectivity index (χ2v) is 14.4. The number of nitrogens with zero attached hydrogens (tertiary/aromatic N) is 1. The molecule has 258 valence electrons. The summed E-state index contributed by atoms with van der Waals surface area (Å²) in [4.78, 5) is 2.37. The second-order valence-electron chi connectivity index (χ2n) is 14.4. The number of hydrogen-bond acceptors (Lipinski definition) is 2. The van der Waals surface area contributed by atoms with E-state index in [0.29, 0.717) is 0 Å². The molecule has 9 aromatic carbocycles. The Morgan fingerprint density at radius 1 is 0.327 bits per heavy atom. The highest BCUT2D eigenvalue weighted by atomic mass is 16.5. The maximum Gasteiger partial charge on any atom is 0.132 e. The van der Waals surface area contributed by atoms with E-state index < -0.39 is 5.41 Å². The van der Waals surface area contributed by atoms with Crippen LogP contribution in [0.3, 0.4) is 0 Å². The maximum atomic E-state index is 6.57. The summed E-state index contributed by atoms with van der Waals surface area (Å²) < 4.78 is 6.57. The fourth-order valence-electron chi connectivity index (χ4n) is 9.15. The van der Waals surface area contributed by atoms with Crippen LogP contribution in [0.1, 0.15) is 22.3 Å². The van der Waals surface area contributed by atoms with E-state index in [-0.39, 0.29) is 0 Å². The minimum Gasteiger partial charge on any atom is -0.457 e. The van der Waals surface area contributed by atoms with E-state index in [4.69, 9.17) is 4.74 Å². The van der Waals surface area contributed by atoms with Crippen molar-refractivity contribution >= 4 is 27.8 Å². The maximum absolute atomic E-state index is 6.57. The number of rotatable bonds is 5. The van der Waals surface area contributed by atoms with Gasteiger partial charge in [0.1, 0.15) is 11.5 Å². The highest BCUT2D eigenvalue weighted by Crippen LogP contribution is 2.63. The lowest BCUT2D eigenvalue weighted by atomic mass is 9.66. The molecule has 2 heteroatoms. The molecular weight excluding hydrogens is 667 g/mol. The average molecular weight is 702 g/mol. The molecule has 1 aliphatic heterocycles. The van der Waals surface area contributed by atoms with Gasteiger partial charge in [-0.3, -0.25) is 0 Å². The molecule has 0 amide bonds. The predicted molar refractivity (Wildman–Crippen MR) is 227 cm³/mol. The number of benzene rings is 9. The minimum atomic E-state index is -0.496. The average Bonchev–Trinajstić information content (AvgIpc) is 3.55. The monoisotopic (exact) mass is 701 g/mol. The lowest BCUT2D eigenvalue weighted by Crippen LogP contribution is -2.32. The Balaban J connectivity index is 1.08. The lowest BCUT2D eigenvalue weighted by molar-refractivity contribution is 0.436. The van der Waals surface area contributed by atoms with Gasteiger partial charge in [-0.25, -0.2) is 0 Å². The van der Waals surface area contributed by atoms with E-state index >= 15 is 0 Å². The molecule has 1 aliphatic carbocycles. The van der Waals surface area contributed by atoms with Crippen LogP contribution in [0.25, 0.3) is 44.2 Å². The summed E-state index contributed by atoms with van der Waals surface area (Å²) in [5.41, 5.74) is 15.1. The van der Waals surface area contributed by atoms with Crippen LogP contribution in [0.2, 0.25) is 0 Å². The smallest absolute Gasteiger partial charge is 0.132 e. The first kappa shape index (κ1) is 31.4. The zero-order valence-electron chi connectivity index (χ0n) is 30.1.